The zero-order chi connectivity index (χ0) is 66.6. The van der Waals surface area contributed by atoms with Crippen LogP contribution in [0, 0.1) is 0 Å². The van der Waals surface area contributed by atoms with Gasteiger partial charge in [0.15, 0.2) is 0 Å². The number of rotatable bonds is 14. The first-order chi connectivity index (χ1) is 49.5. The quantitative estimate of drug-likeness (QED) is 0.109. The number of benzene rings is 16. The maximum atomic E-state index is 6.34. The Morgan fingerprint density at radius 2 is 0.330 bits per heavy atom. The molecule has 0 aliphatic rings. The number of nitrogens with zero attached hydrogens (tertiary/aromatic N) is 2. The Balaban J connectivity index is 0.000000150. The molecule has 0 saturated heterocycles. The zero-order valence-corrected chi connectivity index (χ0v) is 54.8. The average molecular weight is 1280 g/mol. The Hall–Kier alpha value is -13.3. The Labute approximate surface area is 582 Å². The van der Waals surface area contributed by atoms with E-state index >= 15 is 0 Å². The van der Waals surface area contributed by atoms with E-state index in [-0.39, 0.29) is 0 Å². The summed E-state index contributed by atoms with van der Waals surface area (Å²) in [5, 5.41) is 4.50. The molecule has 18 rings (SSSR count). The molecule has 472 valence electrons. The van der Waals surface area contributed by atoms with Gasteiger partial charge in [0.2, 0.25) is 0 Å². The minimum Gasteiger partial charge on any atom is -0.456 e. The standard InChI is InChI=1S/2C48H33NO/c1-3-11-34(12-4-1)38-15-9-17-40(31-38)36-21-25-42(26-22-36)49(44-29-30-46-45-19-7-8-20-47(45)50-48(46)33-44)43-27-23-37(24-28-43)41-18-10-16-39(32-41)35-13-5-2-6-14-35;1-3-9-34(10-4-1)36-15-19-38(20-16-36)40-23-27-42(28-24-40)49(44-31-32-46-45-13-7-8-14-47(45)50-48(46)33-44)43-29-25-41(26-30-43)39-21-17-37(18-22-39)35-11-5-2-6-12-35/h2*1-33H. The van der Waals surface area contributed by atoms with Crippen molar-refractivity contribution in [2.45, 2.75) is 0 Å². The summed E-state index contributed by atoms with van der Waals surface area (Å²) in [6.45, 7) is 0. The lowest BCUT2D eigenvalue weighted by Crippen LogP contribution is -2.09. The van der Waals surface area contributed by atoms with Crippen LogP contribution in [0.25, 0.3) is 133 Å². The predicted molar refractivity (Wildman–Crippen MR) is 420 cm³/mol. The van der Waals surface area contributed by atoms with Crippen LogP contribution in [-0.4, -0.2) is 0 Å². The summed E-state index contributed by atoms with van der Waals surface area (Å²) in [6.07, 6.45) is 0. The minimum absolute atomic E-state index is 0.873. The Morgan fingerprint density at radius 1 is 0.130 bits per heavy atom. The molecule has 0 saturated carbocycles. The molecule has 18 aromatic rings. The fourth-order valence-corrected chi connectivity index (χ4v) is 13.8. The highest BCUT2D eigenvalue weighted by molar-refractivity contribution is 6.07. The second-order valence-electron chi connectivity index (χ2n) is 25.2. The molecule has 0 radical (unpaired) electrons. The van der Waals surface area contributed by atoms with Crippen LogP contribution in [0.4, 0.5) is 34.1 Å². The van der Waals surface area contributed by atoms with Gasteiger partial charge in [0, 0.05) is 67.8 Å². The molecule has 0 fully saturated rings. The van der Waals surface area contributed by atoms with E-state index < -0.39 is 0 Å². The van der Waals surface area contributed by atoms with Gasteiger partial charge in [-0.25, -0.2) is 0 Å². The topological polar surface area (TPSA) is 32.8 Å². The van der Waals surface area contributed by atoms with Gasteiger partial charge in [-0.15, -0.1) is 0 Å². The zero-order valence-electron chi connectivity index (χ0n) is 54.8. The summed E-state index contributed by atoms with van der Waals surface area (Å²) >= 11 is 0. The predicted octanol–water partition coefficient (Wildman–Crippen LogP) is 27.4. The van der Waals surface area contributed by atoms with E-state index in [1.807, 2.05) is 24.3 Å². The van der Waals surface area contributed by atoms with E-state index in [1.165, 1.54) is 89.0 Å². The lowest BCUT2D eigenvalue weighted by Gasteiger charge is -2.26. The summed E-state index contributed by atoms with van der Waals surface area (Å²) in [5.41, 5.74) is 29.1. The van der Waals surface area contributed by atoms with E-state index in [2.05, 4.69) is 386 Å². The number of anilines is 6. The number of para-hydroxylation sites is 2. The van der Waals surface area contributed by atoms with Crippen molar-refractivity contribution in [3.05, 3.63) is 400 Å². The highest BCUT2D eigenvalue weighted by Gasteiger charge is 2.19. The van der Waals surface area contributed by atoms with E-state index in [0.29, 0.717) is 0 Å². The summed E-state index contributed by atoms with van der Waals surface area (Å²) in [7, 11) is 0. The molecule has 100 heavy (non-hydrogen) atoms. The van der Waals surface area contributed by atoms with Crippen LogP contribution in [0.2, 0.25) is 0 Å². The van der Waals surface area contributed by atoms with Crippen molar-refractivity contribution >= 4 is 78.0 Å². The van der Waals surface area contributed by atoms with Gasteiger partial charge < -0.3 is 18.6 Å². The van der Waals surface area contributed by atoms with Crippen molar-refractivity contribution in [1.82, 2.24) is 0 Å². The smallest absolute Gasteiger partial charge is 0.137 e. The summed E-state index contributed by atoms with van der Waals surface area (Å²) in [6, 6.07) is 142. The third kappa shape index (κ3) is 12.4. The molecule has 0 amide bonds. The minimum atomic E-state index is 0.873. The number of hydrogen-bond acceptors (Lipinski definition) is 4. The first-order valence-corrected chi connectivity index (χ1v) is 34.0. The second-order valence-corrected chi connectivity index (χ2v) is 25.2. The Kier molecular flexibility index (Phi) is 16.4. The number of hydrogen-bond donors (Lipinski definition) is 0. The van der Waals surface area contributed by atoms with Gasteiger partial charge >= 0.3 is 0 Å². The highest BCUT2D eigenvalue weighted by atomic mass is 16.3. The number of furan rings is 2. The monoisotopic (exact) mass is 1280 g/mol. The van der Waals surface area contributed by atoms with E-state index in [4.69, 9.17) is 8.83 Å². The molecule has 0 atom stereocenters. The van der Waals surface area contributed by atoms with Gasteiger partial charge in [-0.1, -0.05) is 291 Å². The van der Waals surface area contributed by atoms with Gasteiger partial charge in [0.05, 0.1) is 0 Å². The van der Waals surface area contributed by atoms with Gasteiger partial charge in [-0.3, -0.25) is 0 Å². The van der Waals surface area contributed by atoms with Gasteiger partial charge in [0.1, 0.15) is 22.3 Å². The van der Waals surface area contributed by atoms with Crippen LogP contribution >= 0.6 is 0 Å². The van der Waals surface area contributed by atoms with E-state index in [0.717, 1.165) is 78.0 Å². The van der Waals surface area contributed by atoms with Gasteiger partial charge in [-0.05, 0) is 186 Å². The molecule has 0 N–H and O–H groups in total. The van der Waals surface area contributed by atoms with Crippen LogP contribution < -0.4 is 9.80 Å². The van der Waals surface area contributed by atoms with Crippen LogP contribution in [0.5, 0.6) is 0 Å². The lowest BCUT2D eigenvalue weighted by molar-refractivity contribution is 0.668. The van der Waals surface area contributed by atoms with Crippen LogP contribution in [-0.2, 0) is 0 Å². The van der Waals surface area contributed by atoms with Gasteiger partial charge in [0.25, 0.3) is 0 Å². The Morgan fingerprint density at radius 3 is 0.620 bits per heavy atom. The fourth-order valence-electron chi connectivity index (χ4n) is 13.8. The molecule has 0 bridgehead atoms. The third-order valence-electron chi connectivity index (χ3n) is 19.0. The maximum absolute atomic E-state index is 6.34. The fraction of sp³-hybridized carbons (Fsp3) is 0. The normalized spacial score (nSPS) is 11.2. The van der Waals surface area contributed by atoms with Crippen LogP contribution in [0.3, 0.4) is 0 Å². The summed E-state index contributed by atoms with van der Waals surface area (Å²) < 4.78 is 12.7. The third-order valence-corrected chi connectivity index (χ3v) is 19.0. The van der Waals surface area contributed by atoms with Crippen molar-refractivity contribution < 1.29 is 8.83 Å². The summed E-state index contributed by atoms with van der Waals surface area (Å²) in [4.78, 5) is 4.61. The van der Waals surface area contributed by atoms with Crippen molar-refractivity contribution in [2.24, 2.45) is 0 Å². The van der Waals surface area contributed by atoms with E-state index in [1.54, 1.807) is 0 Å². The lowest BCUT2D eigenvalue weighted by atomic mass is 9.98. The first kappa shape index (κ1) is 60.4. The maximum Gasteiger partial charge on any atom is 0.137 e. The van der Waals surface area contributed by atoms with Crippen LogP contribution in [0.15, 0.2) is 409 Å². The molecule has 0 spiro atoms. The van der Waals surface area contributed by atoms with Gasteiger partial charge in [-0.2, -0.15) is 0 Å². The molecule has 2 aromatic heterocycles. The first-order valence-electron chi connectivity index (χ1n) is 34.0. The van der Waals surface area contributed by atoms with Crippen molar-refractivity contribution in [1.29, 1.82) is 0 Å². The second kappa shape index (κ2) is 27.1. The molecule has 4 nitrogen and oxygen atoms in total. The van der Waals surface area contributed by atoms with Crippen molar-refractivity contribution in [3.63, 3.8) is 0 Å². The SMILES string of the molecule is c1ccc(-c2ccc(-c3ccc(N(c4ccc(-c5ccc(-c6ccccc6)cc5)cc4)c4ccc5c(c4)oc4ccccc45)cc3)cc2)cc1.c1ccc(-c2cccc(-c3ccc(N(c4ccc(-c5cccc(-c6ccccc6)c5)cc4)c4ccc5c(c4)oc4ccccc45)cc3)c2)cc1. The van der Waals surface area contributed by atoms with Crippen molar-refractivity contribution in [3.8, 4) is 89.0 Å². The molecule has 4 heteroatoms. The molecule has 2 heterocycles. The highest BCUT2D eigenvalue weighted by Crippen LogP contribution is 2.43. The summed E-state index contributed by atoms with van der Waals surface area (Å²) in [5.74, 6) is 0. The Bertz CT molecular complexity index is 5580. The molecule has 0 unspecified atom stereocenters. The molecular weight excluding hydrogens is 1210 g/mol. The van der Waals surface area contributed by atoms with E-state index in [9.17, 15) is 0 Å². The molecule has 16 aromatic carbocycles. The molecular formula is C96H66N2O2. The number of fused-ring (bicyclic) bond motifs is 6. The molecule has 0 aliphatic heterocycles. The van der Waals surface area contributed by atoms with Crippen LogP contribution in [0.1, 0.15) is 0 Å². The average Bonchev–Trinajstić information content (AvgIpc) is 1.74. The molecule has 0 aliphatic carbocycles. The largest absolute Gasteiger partial charge is 0.456 e. The van der Waals surface area contributed by atoms with Crippen molar-refractivity contribution in [2.75, 3.05) is 9.80 Å².